The zero-order valence-corrected chi connectivity index (χ0v) is 19.4. The van der Waals surface area contributed by atoms with Gasteiger partial charge in [-0.15, -0.1) is 0 Å². The molecule has 2 aromatic carbocycles. The minimum absolute atomic E-state index is 0.0146. The Hall–Kier alpha value is -3.14. The Labute approximate surface area is 188 Å². The van der Waals surface area contributed by atoms with Gasteiger partial charge >= 0.3 is 0 Å². The van der Waals surface area contributed by atoms with Crippen molar-refractivity contribution < 1.29 is 27.1 Å². The predicted molar refractivity (Wildman–Crippen MR) is 120 cm³/mol. The zero-order chi connectivity index (χ0) is 23.9. The van der Waals surface area contributed by atoms with E-state index < -0.39 is 34.3 Å². The van der Waals surface area contributed by atoms with Crippen molar-refractivity contribution in [3.8, 4) is 5.75 Å². The molecule has 10 heteroatoms. The van der Waals surface area contributed by atoms with E-state index in [4.69, 9.17) is 4.74 Å². The highest BCUT2D eigenvalue weighted by Crippen LogP contribution is 2.24. The normalized spacial score (nSPS) is 12.0. The molecular weight excluding hydrogens is 437 g/mol. The number of sulfonamides is 1. The van der Waals surface area contributed by atoms with Crippen molar-refractivity contribution in [2.75, 3.05) is 31.3 Å². The Morgan fingerprint density at radius 3 is 2.34 bits per heavy atom. The van der Waals surface area contributed by atoms with Crippen LogP contribution < -0.4 is 14.4 Å². The van der Waals surface area contributed by atoms with Gasteiger partial charge in [-0.1, -0.05) is 25.1 Å². The first-order valence-corrected chi connectivity index (χ1v) is 11.8. The third-order valence-corrected chi connectivity index (χ3v) is 6.06. The lowest BCUT2D eigenvalue weighted by molar-refractivity contribution is -0.140. The topological polar surface area (TPSA) is 96.0 Å². The first-order chi connectivity index (χ1) is 15.1. The number of rotatable bonds is 10. The van der Waals surface area contributed by atoms with Crippen molar-refractivity contribution in [3.05, 3.63) is 59.9 Å². The molecule has 2 rings (SSSR count). The van der Waals surface area contributed by atoms with Gasteiger partial charge in [-0.25, -0.2) is 12.8 Å². The molecule has 0 aliphatic carbocycles. The Balaban J connectivity index is 2.42. The van der Waals surface area contributed by atoms with Crippen molar-refractivity contribution in [2.24, 2.45) is 0 Å². The summed E-state index contributed by atoms with van der Waals surface area (Å²) < 4.78 is 44.5. The molecule has 0 aliphatic heterocycles. The van der Waals surface area contributed by atoms with Crippen LogP contribution in [0, 0.1) is 5.82 Å². The fraction of sp³-hybridized carbons (Fsp3) is 0.364. The summed E-state index contributed by atoms with van der Waals surface area (Å²) in [6, 6.07) is 11.1. The van der Waals surface area contributed by atoms with Gasteiger partial charge in [0.1, 0.15) is 24.2 Å². The van der Waals surface area contributed by atoms with Crippen molar-refractivity contribution in [1.29, 1.82) is 0 Å². The highest BCUT2D eigenvalue weighted by Gasteiger charge is 2.31. The van der Waals surface area contributed by atoms with Crippen molar-refractivity contribution in [2.45, 2.75) is 25.9 Å². The molecule has 0 unspecified atom stereocenters. The van der Waals surface area contributed by atoms with E-state index in [1.165, 1.54) is 49.4 Å². The molecule has 0 saturated heterocycles. The number of likely N-dealkylation sites (N-methyl/N-ethyl adjacent to an activating group) is 1. The number of methoxy groups -OCH3 is 1. The van der Waals surface area contributed by atoms with Crippen LogP contribution in [0.2, 0.25) is 0 Å². The van der Waals surface area contributed by atoms with Crippen LogP contribution in [-0.2, 0) is 26.2 Å². The minimum atomic E-state index is -3.83. The summed E-state index contributed by atoms with van der Waals surface area (Å²) >= 11 is 0. The molecule has 0 heterocycles. The summed E-state index contributed by atoms with van der Waals surface area (Å²) in [5, 5.41) is 2.54. The van der Waals surface area contributed by atoms with Crippen LogP contribution in [-0.4, -0.2) is 58.1 Å². The minimum Gasteiger partial charge on any atom is -0.497 e. The molecule has 32 heavy (non-hydrogen) atoms. The number of nitrogens with one attached hydrogen (secondary N) is 1. The molecule has 2 amide bonds. The fourth-order valence-corrected chi connectivity index (χ4v) is 4.09. The second-order valence-corrected chi connectivity index (χ2v) is 9.06. The van der Waals surface area contributed by atoms with Gasteiger partial charge in [0.25, 0.3) is 0 Å². The quantitative estimate of drug-likeness (QED) is 0.580. The largest absolute Gasteiger partial charge is 0.497 e. The monoisotopic (exact) mass is 465 g/mol. The molecule has 2 aromatic rings. The molecule has 1 N–H and O–H groups in total. The summed E-state index contributed by atoms with van der Waals surface area (Å²) in [7, 11) is -0.912. The van der Waals surface area contributed by atoms with E-state index >= 15 is 0 Å². The predicted octanol–water partition coefficient (Wildman–Crippen LogP) is 2.15. The number of halogens is 1. The van der Waals surface area contributed by atoms with Crippen LogP contribution in [0.3, 0.4) is 0 Å². The molecule has 0 bridgehead atoms. The highest BCUT2D eigenvalue weighted by atomic mass is 32.2. The van der Waals surface area contributed by atoms with Crippen LogP contribution in [0.15, 0.2) is 48.5 Å². The second-order valence-electron chi connectivity index (χ2n) is 7.16. The van der Waals surface area contributed by atoms with Gasteiger partial charge < -0.3 is 15.0 Å². The van der Waals surface area contributed by atoms with E-state index in [1.54, 1.807) is 25.1 Å². The lowest BCUT2D eigenvalue weighted by atomic mass is 10.1. The van der Waals surface area contributed by atoms with Crippen LogP contribution in [0.4, 0.5) is 10.1 Å². The lowest BCUT2D eigenvalue weighted by Gasteiger charge is -2.32. The fourth-order valence-electron chi connectivity index (χ4n) is 3.25. The zero-order valence-electron chi connectivity index (χ0n) is 18.5. The van der Waals surface area contributed by atoms with Crippen LogP contribution in [0.5, 0.6) is 5.75 Å². The maximum atomic E-state index is 13.4. The molecule has 0 aromatic heterocycles. The average Bonchev–Trinajstić information content (AvgIpc) is 2.77. The number of carbonyl (C=O) groups is 2. The molecule has 0 fully saturated rings. The maximum Gasteiger partial charge on any atom is 0.244 e. The van der Waals surface area contributed by atoms with Gasteiger partial charge in [-0.2, -0.15) is 0 Å². The van der Waals surface area contributed by atoms with Gasteiger partial charge in [0.2, 0.25) is 21.8 Å². The molecular formula is C22H28FN3O5S. The Kier molecular flexibility index (Phi) is 8.59. The third-order valence-electron chi connectivity index (χ3n) is 4.92. The first kappa shape index (κ1) is 25.1. The van der Waals surface area contributed by atoms with E-state index in [1.807, 2.05) is 0 Å². The number of hydrogen-bond acceptors (Lipinski definition) is 5. The van der Waals surface area contributed by atoms with Crippen LogP contribution in [0.1, 0.15) is 18.9 Å². The maximum absolute atomic E-state index is 13.4. The standard InChI is InChI=1S/C22H28FN3O5S/c1-5-20(22(28)24-2)25(14-16-9-11-17(23)12-10-16)21(27)15-26(32(4,29)30)18-7-6-8-19(13-18)31-3/h6-13,20H,5,14-15H2,1-4H3,(H,24,28)/t20-/m0/s1. The van der Waals surface area contributed by atoms with Crippen molar-refractivity contribution in [3.63, 3.8) is 0 Å². The van der Waals surface area contributed by atoms with E-state index in [0.717, 1.165) is 10.6 Å². The Morgan fingerprint density at radius 2 is 1.81 bits per heavy atom. The average molecular weight is 466 g/mol. The number of nitrogens with zero attached hydrogens (tertiary/aromatic N) is 2. The smallest absolute Gasteiger partial charge is 0.244 e. The molecule has 0 saturated carbocycles. The summed E-state index contributed by atoms with van der Waals surface area (Å²) in [4.78, 5) is 27.1. The van der Waals surface area contributed by atoms with E-state index in [0.29, 0.717) is 17.7 Å². The third kappa shape index (κ3) is 6.43. The molecule has 174 valence electrons. The number of benzene rings is 2. The Morgan fingerprint density at radius 1 is 1.16 bits per heavy atom. The summed E-state index contributed by atoms with van der Waals surface area (Å²) in [5.41, 5.74) is 0.865. The van der Waals surface area contributed by atoms with Gasteiger partial charge in [0, 0.05) is 19.7 Å². The van der Waals surface area contributed by atoms with E-state index in [-0.39, 0.29) is 18.1 Å². The molecule has 0 spiro atoms. The second kappa shape index (κ2) is 10.9. The molecule has 1 atom stereocenters. The van der Waals surface area contributed by atoms with E-state index in [2.05, 4.69) is 5.32 Å². The number of hydrogen-bond donors (Lipinski definition) is 1. The Bertz CT molecular complexity index is 1040. The summed E-state index contributed by atoms with van der Waals surface area (Å²) in [6.45, 7) is 1.25. The summed E-state index contributed by atoms with van der Waals surface area (Å²) in [5.74, 6) is -0.942. The lowest BCUT2D eigenvalue weighted by Crippen LogP contribution is -2.51. The van der Waals surface area contributed by atoms with Crippen LogP contribution >= 0.6 is 0 Å². The number of ether oxygens (including phenoxy) is 1. The molecule has 0 aliphatic rings. The number of anilines is 1. The first-order valence-electron chi connectivity index (χ1n) is 9.98. The van der Waals surface area contributed by atoms with Gasteiger partial charge in [0.05, 0.1) is 19.1 Å². The van der Waals surface area contributed by atoms with Crippen molar-refractivity contribution in [1.82, 2.24) is 10.2 Å². The van der Waals surface area contributed by atoms with Gasteiger partial charge in [0.15, 0.2) is 0 Å². The van der Waals surface area contributed by atoms with Gasteiger partial charge in [-0.05, 0) is 36.2 Å². The van der Waals surface area contributed by atoms with Gasteiger partial charge in [-0.3, -0.25) is 13.9 Å². The van der Waals surface area contributed by atoms with Crippen LogP contribution in [0.25, 0.3) is 0 Å². The number of amides is 2. The van der Waals surface area contributed by atoms with Crippen molar-refractivity contribution >= 4 is 27.5 Å². The van der Waals surface area contributed by atoms with E-state index in [9.17, 15) is 22.4 Å². The molecule has 8 nitrogen and oxygen atoms in total. The SMILES string of the molecule is CC[C@@H](C(=O)NC)N(Cc1ccc(F)cc1)C(=O)CN(c1cccc(OC)c1)S(C)(=O)=O. The molecule has 0 radical (unpaired) electrons. The number of carbonyl (C=O) groups excluding carboxylic acids is 2. The highest BCUT2D eigenvalue weighted by molar-refractivity contribution is 7.92. The summed E-state index contributed by atoms with van der Waals surface area (Å²) in [6.07, 6.45) is 1.31.